The Morgan fingerprint density at radius 2 is 1.89 bits per heavy atom. The number of ether oxygens (including phenoxy) is 1. The van der Waals surface area contributed by atoms with E-state index in [0.29, 0.717) is 27.1 Å². The second kappa shape index (κ2) is 5.78. The molecule has 0 aromatic heterocycles. The number of nitrogens with two attached hydrogens (primary N) is 1. The first-order valence-electron chi connectivity index (χ1n) is 5.66. The van der Waals surface area contributed by atoms with Crippen molar-refractivity contribution in [3.8, 4) is 11.5 Å². The second-order valence-corrected chi connectivity index (χ2v) is 4.96. The van der Waals surface area contributed by atoms with Crippen molar-refractivity contribution in [1.29, 1.82) is 0 Å². The van der Waals surface area contributed by atoms with E-state index in [1.54, 1.807) is 37.3 Å². The van der Waals surface area contributed by atoms with E-state index in [1.807, 2.05) is 0 Å². The molecule has 0 fully saturated rings. The summed E-state index contributed by atoms with van der Waals surface area (Å²) in [7, 11) is 0. The summed E-state index contributed by atoms with van der Waals surface area (Å²) in [6.07, 6.45) is 0. The Labute approximate surface area is 120 Å². The van der Waals surface area contributed by atoms with Crippen LogP contribution in [0.25, 0.3) is 0 Å². The summed E-state index contributed by atoms with van der Waals surface area (Å²) in [6, 6.07) is 8.87. The fourth-order valence-corrected chi connectivity index (χ4v) is 2.04. The molecular weight excluding hydrogens is 288 g/mol. The normalized spacial score (nSPS) is 12.3. The van der Waals surface area contributed by atoms with E-state index in [9.17, 15) is 4.39 Å². The van der Waals surface area contributed by atoms with E-state index in [-0.39, 0.29) is 0 Å². The van der Waals surface area contributed by atoms with Crippen LogP contribution in [0.3, 0.4) is 0 Å². The molecule has 0 heterocycles. The van der Waals surface area contributed by atoms with E-state index < -0.39 is 11.9 Å². The first kappa shape index (κ1) is 14.1. The Bertz CT molecular complexity index is 602. The molecule has 1 atom stereocenters. The van der Waals surface area contributed by atoms with Gasteiger partial charge >= 0.3 is 0 Å². The van der Waals surface area contributed by atoms with Crippen LogP contribution in [0.15, 0.2) is 36.4 Å². The molecule has 0 saturated carbocycles. The summed E-state index contributed by atoms with van der Waals surface area (Å²) >= 11 is 11.9. The molecule has 0 spiro atoms. The average Bonchev–Trinajstić information content (AvgIpc) is 2.33. The van der Waals surface area contributed by atoms with Gasteiger partial charge in [0.15, 0.2) is 0 Å². The number of halogens is 3. The summed E-state index contributed by atoms with van der Waals surface area (Å²) in [4.78, 5) is 0. The Morgan fingerprint density at radius 1 is 1.16 bits per heavy atom. The molecule has 0 aliphatic rings. The van der Waals surface area contributed by atoms with Gasteiger partial charge in [0.1, 0.15) is 17.3 Å². The topological polar surface area (TPSA) is 35.2 Å². The standard InChI is InChI=1S/C14H12Cl2FNO/c1-8(18)14-11(17)3-2-4-12(14)19-13-7-9(15)5-6-10(13)16/h2-8H,18H2,1H3. The van der Waals surface area contributed by atoms with Crippen LogP contribution in [0.5, 0.6) is 11.5 Å². The van der Waals surface area contributed by atoms with Crippen molar-refractivity contribution < 1.29 is 9.13 Å². The van der Waals surface area contributed by atoms with E-state index >= 15 is 0 Å². The van der Waals surface area contributed by atoms with Crippen LogP contribution in [0.1, 0.15) is 18.5 Å². The van der Waals surface area contributed by atoms with Crippen LogP contribution >= 0.6 is 23.2 Å². The molecule has 2 N–H and O–H groups in total. The van der Waals surface area contributed by atoms with Gasteiger partial charge in [0.25, 0.3) is 0 Å². The van der Waals surface area contributed by atoms with E-state index in [1.165, 1.54) is 6.07 Å². The minimum atomic E-state index is -0.492. The third-order valence-electron chi connectivity index (χ3n) is 2.58. The molecule has 0 aliphatic heterocycles. The second-order valence-electron chi connectivity index (χ2n) is 4.12. The van der Waals surface area contributed by atoms with Gasteiger partial charge in [0.2, 0.25) is 0 Å². The van der Waals surface area contributed by atoms with Crippen LogP contribution in [0.4, 0.5) is 4.39 Å². The summed E-state index contributed by atoms with van der Waals surface area (Å²) in [6.45, 7) is 1.69. The lowest BCUT2D eigenvalue weighted by Crippen LogP contribution is -2.09. The monoisotopic (exact) mass is 299 g/mol. The lowest BCUT2D eigenvalue weighted by Gasteiger charge is -2.15. The summed E-state index contributed by atoms with van der Waals surface area (Å²) in [5.41, 5.74) is 6.06. The highest BCUT2D eigenvalue weighted by Crippen LogP contribution is 2.35. The van der Waals surface area contributed by atoms with Gasteiger partial charge in [-0.3, -0.25) is 0 Å². The zero-order valence-electron chi connectivity index (χ0n) is 10.2. The van der Waals surface area contributed by atoms with Crippen molar-refractivity contribution in [3.05, 3.63) is 57.8 Å². The van der Waals surface area contributed by atoms with Crippen LogP contribution < -0.4 is 10.5 Å². The SMILES string of the molecule is CC(N)c1c(F)cccc1Oc1cc(Cl)ccc1Cl. The van der Waals surface area contributed by atoms with Crippen molar-refractivity contribution in [2.24, 2.45) is 5.73 Å². The minimum absolute atomic E-state index is 0.304. The van der Waals surface area contributed by atoms with Gasteiger partial charge in [-0.2, -0.15) is 0 Å². The highest BCUT2D eigenvalue weighted by molar-refractivity contribution is 6.34. The first-order valence-corrected chi connectivity index (χ1v) is 6.41. The maximum Gasteiger partial charge on any atom is 0.147 e. The highest BCUT2D eigenvalue weighted by atomic mass is 35.5. The van der Waals surface area contributed by atoms with Crippen molar-refractivity contribution in [3.63, 3.8) is 0 Å². The molecule has 0 radical (unpaired) electrons. The summed E-state index contributed by atoms with van der Waals surface area (Å²) < 4.78 is 19.4. The van der Waals surface area contributed by atoms with E-state index in [2.05, 4.69) is 0 Å². The third-order valence-corrected chi connectivity index (χ3v) is 3.13. The Balaban J connectivity index is 2.44. The molecule has 19 heavy (non-hydrogen) atoms. The predicted octanol–water partition coefficient (Wildman–Crippen LogP) is 4.94. The zero-order chi connectivity index (χ0) is 14.0. The van der Waals surface area contributed by atoms with Crippen LogP contribution in [0, 0.1) is 5.82 Å². The molecule has 5 heteroatoms. The number of benzene rings is 2. The zero-order valence-corrected chi connectivity index (χ0v) is 11.7. The van der Waals surface area contributed by atoms with Gasteiger partial charge in [0, 0.05) is 22.7 Å². The van der Waals surface area contributed by atoms with Crippen LogP contribution in [-0.4, -0.2) is 0 Å². The maximum atomic E-state index is 13.8. The quantitative estimate of drug-likeness (QED) is 0.871. The molecule has 0 aliphatic carbocycles. The molecule has 2 aromatic carbocycles. The van der Waals surface area contributed by atoms with Gasteiger partial charge in [-0.25, -0.2) is 4.39 Å². The largest absolute Gasteiger partial charge is 0.455 e. The molecular formula is C14H12Cl2FNO. The van der Waals surface area contributed by atoms with Crippen LogP contribution in [0.2, 0.25) is 10.0 Å². The van der Waals surface area contributed by atoms with Crippen molar-refractivity contribution in [2.45, 2.75) is 13.0 Å². The molecule has 100 valence electrons. The van der Waals surface area contributed by atoms with Gasteiger partial charge < -0.3 is 10.5 Å². The number of rotatable bonds is 3. The van der Waals surface area contributed by atoms with Crippen molar-refractivity contribution in [2.75, 3.05) is 0 Å². The smallest absolute Gasteiger partial charge is 0.147 e. The third kappa shape index (κ3) is 3.18. The number of hydrogen-bond donors (Lipinski definition) is 1. The fourth-order valence-electron chi connectivity index (χ4n) is 1.72. The first-order chi connectivity index (χ1) is 8.99. The predicted molar refractivity (Wildman–Crippen MR) is 75.5 cm³/mol. The molecule has 2 nitrogen and oxygen atoms in total. The minimum Gasteiger partial charge on any atom is -0.455 e. The Kier molecular flexibility index (Phi) is 4.30. The van der Waals surface area contributed by atoms with E-state index in [0.717, 1.165) is 0 Å². The van der Waals surface area contributed by atoms with Crippen LogP contribution in [-0.2, 0) is 0 Å². The lowest BCUT2D eigenvalue weighted by atomic mass is 10.1. The summed E-state index contributed by atoms with van der Waals surface area (Å²) in [5, 5.41) is 0.877. The lowest BCUT2D eigenvalue weighted by molar-refractivity contribution is 0.461. The van der Waals surface area contributed by atoms with Gasteiger partial charge in [-0.1, -0.05) is 29.3 Å². The summed E-state index contributed by atoms with van der Waals surface area (Å²) in [5.74, 6) is 0.284. The average molecular weight is 300 g/mol. The molecule has 0 saturated heterocycles. The molecule has 1 unspecified atom stereocenters. The molecule has 0 amide bonds. The van der Waals surface area contributed by atoms with Gasteiger partial charge in [-0.05, 0) is 31.2 Å². The fraction of sp³-hybridized carbons (Fsp3) is 0.143. The Morgan fingerprint density at radius 3 is 2.58 bits per heavy atom. The van der Waals surface area contributed by atoms with Crippen molar-refractivity contribution >= 4 is 23.2 Å². The molecule has 0 bridgehead atoms. The molecule has 2 rings (SSSR count). The molecule has 2 aromatic rings. The highest BCUT2D eigenvalue weighted by Gasteiger charge is 2.15. The van der Waals surface area contributed by atoms with Crippen molar-refractivity contribution in [1.82, 2.24) is 0 Å². The van der Waals surface area contributed by atoms with Gasteiger partial charge in [0.05, 0.1) is 5.02 Å². The van der Waals surface area contributed by atoms with E-state index in [4.69, 9.17) is 33.7 Å². The number of hydrogen-bond acceptors (Lipinski definition) is 2. The maximum absolute atomic E-state index is 13.8. The van der Waals surface area contributed by atoms with Gasteiger partial charge in [-0.15, -0.1) is 0 Å². The Hall–Kier alpha value is -1.29.